The van der Waals surface area contributed by atoms with Crippen LogP contribution in [0.15, 0.2) is 42.1 Å². The van der Waals surface area contributed by atoms with Crippen LogP contribution in [-0.4, -0.2) is 8.07 Å². The molecule has 1 fully saturated rings. The van der Waals surface area contributed by atoms with E-state index in [2.05, 4.69) is 37.3 Å². The van der Waals surface area contributed by atoms with Crippen molar-refractivity contribution in [1.82, 2.24) is 0 Å². The Morgan fingerprint density at radius 2 is 1.95 bits per heavy atom. The molecule has 1 heterocycles. The molecule has 0 aromatic heterocycles. The van der Waals surface area contributed by atoms with Crippen LogP contribution in [0.1, 0.15) is 32.6 Å². The van der Waals surface area contributed by atoms with E-state index in [1.54, 1.807) is 21.4 Å². The van der Waals surface area contributed by atoms with Gasteiger partial charge in [-0.3, -0.25) is 0 Å². The van der Waals surface area contributed by atoms with Gasteiger partial charge in [0.15, 0.2) is 0 Å². The summed E-state index contributed by atoms with van der Waals surface area (Å²) in [6.07, 6.45) is 17.5. The summed E-state index contributed by atoms with van der Waals surface area (Å²) in [5, 5.41) is 2.01. The third kappa shape index (κ3) is 3.69. The first-order valence-corrected chi connectivity index (χ1v) is 12.4. The van der Waals surface area contributed by atoms with Gasteiger partial charge in [-0.05, 0) is 0 Å². The molecule has 0 N–H and O–H groups in total. The van der Waals surface area contributed by atoms with Crippen LogP contribution >= 0.6 is 0 Å². The Balaban J connectivity index is 0.000001000. The third-order valence-electron chi connectivity index (χ3n) is 4.68. The molecule has 0 aromatic carbocycles. The molecule has 0 saturated carbocycles. The molecule has 4 heteroatoms. The number of hydrogen-bond acceptors (Lipinski definition) is 0. The summed E-state index contributed by atoms with van der Waals surface area (Å²) >= 11 is -0.435. The zero-order chi connectivity index (χ0) is 12.4. The molecular weight excluding hydrogens is 382 g/mol. The van der Waals surface area contributed by atoms with Crippen molar-refractivity contribution >= 4 is 8.07 Å². The topological polar surface area (TPSA) is 0 Å². The van der Waals surface area contributed by atoms with Gasteiger partial charge in [-0.15, -0.1) is 0 Å². The van der Waals surface area contributed by atoms with Crippen LogP contribution in [0.25, 0.3) is 0 Å². The largest absolute Gasteiger partial charge is 1.00 e. The Kier molecular flexibility index (Phi) is 7.77. The van der Waals surface area contributed by atoms with Crippen molar-refractivity contribution < 1.29 is 48.0 Å². The minimum atomic E-state index is -0.933. The second kappa shape index (κ2) is 8.32. The number of allylic oxidation sites excluding steroid dienone is 8. The molecule has 0 aromatic rings. The Hall–Kier alpha value is 0.640. The normalized spacial score (nSPS) is 21.8. The van der Waals surface area contributed by atoms with E-state index < -0.39 is 31.3 Å². The van der Waals surface area contributed by atoms with Crippen molar-refractivity contribution in [2.45, 2.75) is 50.7 Å². The maximum atomic E-state index is 2.52. The smallest absolute Gasteiger partial charge is 1.00 e. The summed E-state index contributed by atoms with van der Waals surface area (Å²) in [7, 11) is -0.933. The number of halogens is 2. The maximum Gasteiger partial charge on any atom is -1.00 e. The van der Waals surface area contributed by atoms with Gasteiger partial charge in [0.2, 0.25) is 0 Å². The van der Waals surface area contributed by atoms with Crippen LogP contribution in [0.5, 0.6) is 0 Å². The molecule has 0 nitrogen and oxygen atoms in total. The third-order valence-corrected chi connectivity index (χ3v) is 14.6. The molecule has 0 unspecified atom stereocenters. The summed E-state index contributed by atoms with van der Waals surface area (Å²) in [5.74, 6) is 0. The van der Waals surface area contributed by atoms with E-state index in [1.165, 1.54) is 25.7 Å². The SMILES string of the molecule is CCC[Si]1(C2=[C]([Zr+2][C]3=CC=CC3)C=CC2)CCC1.[Cl-].[Cl-]. The van der Waals surface area contributed by atoms with Crippen LogP contribution < -0.4 is 24.8 Å². The van der Waals surface area contributed by atoms with Gasteiger partial charge in [0, 0.05) is 0 Å². The zero-order valence-corrected chi connectivity index (χ0v) is 17.1. The van der Waals surface area contributed by atoms with E-state index in [0.717, 1.165) is 0 Å². The molecule has 2 aliphatic carbocycles. The molecule has 0 bridgehead atoms. The van der Waals surface area contributed by atoms with Crippen LogP contribution in [-0.2, 0) is 23.2 Å². The minimum absolute atomic E-state index is 0. The molecule has 3 rings (SSSR count). The maximum absolute atomic E-state index is 2.52. The van der Waals surface area contributed by atoms with Crippen molar-refractivity contribution in [2.24, 2.45) is 0 Å². The van der Waals surface area contributed by atoms with Crippen molar-refractivity contribution in [3.63, 3.8) is 0 Å². The van der Waals surface area contributed by atoms with E-state index in [1.807, 2.05) is 8.48 Å². The van der Waals surface area contributed by atoms with Crippen LogP contribution in [0, 0.1) is 0 Å². The fourth-order valence-corrected chi connectivity index (χ4v) is 13.7. The van der Waals surface area contributed by atoms with Crippen LogP contribution in [0.2, 0.25) is 18.1 Å². The van der Waals surface area contributed by atoms with Gasteiger partial charge in [0.05, 0.1) is 0 Å². The Bertz CT molecular complexity index is 459. The molecule has 1 aliphatic heterocycles. The van der Waals surface area contributed by atoms with Gasteiger partial charge in [-0.25, -0.2) is 0 Å². The minimum Gasteiger partial charge on any atom is -1.00 e. The Labute approximate surface area is 148 Å². The fourth-order valence-electron chi connectivity index (χ4n) is 3.62. The van der Waals surface area contributed by atoms with E-state index in [-0.39, 0.29) is 24.8 Å². The van der Waals surface area contributed by atoms with E-state index in [0.29, 0.717) is 0 Å². The Morgan fingerprint density at radius 3 is 2.50 bits per heavy atom. The van der Waals surface area contributed by atoms with Crippen molar-refractivity contribution in [2.75, 3.05) is 0 Å². The Morgan fingerprint density at radius 1 is 1.15 bits per heavy atom. The molecule has 3 aliphatic rings. The summed E-state index contributed by atoms with van der Waals surface area (Å²) in [6, 6.07) is 4.79. The second-order valence-corrected chi connectivity index (χ2v) is 14.0. The van der Waals surface area contributed by atoms with Gasteiger partial charge in [-0.1, -0.05) is 0 Å². The van der Waals surface area contributed by atoms with Gasteiger partial charge >= 0.3 is 124 Å². The van der Waals surface area contributed by atoms with Gasteiger partial charge in [0.1, 0.15) is 0 Å². The standard InChI is InChI=1S/C11H17Si.C5H5.2ClH.Zr/c1-2-8-12(9-5-10-12)11-6-3-4-7-11;1-2-4-5-3-1;;;/h3-4H,2,5-6,8-10H2,1H3;1-3H,4H2;2*1H;/q;;;;+2/p-2. The van der Waals surface area contributed by atoms with E-state index in [9.17, 15) is 0 Å². The molecule has 108 valence electrons. The quantitative estimate of drug-likeness (QED) is 0.513. The summed E-state index contributed by atoms with van der Waals surface area (Å²) in [5.41, 5.74) is 0. The molecule has 0 amide bonds. The van der Waals surface area contributed by atoms with Crippen molar-refractivity contribution in [3.05, 3.63) is 42.1 Å². The monoisotopic (exact) mass is 402 g/mol. The van der Waals surface area contributed by atoms with Gasteiger partial charge < -0.3 is 24.8 Å². The average molecular weight is 405 g/mol. The molecule has 1 saturated heterocycles. The van der Waals surface area contributed by atoms with Crippen molar-refractivity contribution in [3.8, 4) is 0 Å². The number of hydrogen-bond donors (Lipinski definition) is 0. The first kappa shape index (κ1) is 18.7. The van der Waals surface area contributed by atoms with E-state index in [4.69, 9.17) is 0 Å². The summed E-state index contributed by atoms with van der Waals surface area (Å²) in [6.45, 7) is 2.39. The fraction of sp³-hybridized carbons (Fsp3) is 0.500. The van der Waals surface area contributed by atoms with Crippen LogP contribution in [0.3, 0.4) is 0 Å². The molecule has 20 heavy (non-hydrogen) atoms. The van der Waals surface area contributed by atoms with Crippen molar-refractivity contribution in [1.29, 1.82) is 0 Å². The molecule has 0 atom stereocenters. The van der Waals surface area contributed by atoms with Gasteiger partial charge in [0.25, 0.3) is 0 Å². The zero-order valence-electron chi connectivity index (χ0n) is 12.1. The van der Waals surface area contributed by atoms with E-state index >= 15 is 0 Å². The summed E-state index contributed by atoms with van der Waals surface area (Å²) < 4.78 is 3.67. The molecular formula is C16H22Cl2SiZr. The summed E-state index contributed by atoms with van der Waals surface area (Å²) in [4.78, 5) is 0. The number of rotatable bonds is 5. The van der Waals surface area contributed by atoms with Crippen LogP contribution in [0.4, 0.5) is 0 Å². The molecule has 0 radical (unpaired) electrons. The molecule has 0 spiro atoms. The predicted octanol–water partition coefficient (Wildman–Crippen LogP) is -1.06. The van der Waals surface area contributed by atoms with Gasteiger partial charge in [-0.2, -0.15) is 0 Å². The predicted molar refractivity (Wildman–Crippen MR) is 77.7 cm³/mol. The first-order chi connectivity index (χ1) is 8.84. The first-order valence-electron chi connectivity index (χ1n) is 7.37. The average Bonchev–Trinajstić information content (AvgIpc) is 2.96. The second-order valence-electron chi connectivity index (χ2n) is 5.83.